The van der Waals surface area contributed by atoms with Crippen molar-refractivity contribution in [1.29, 1.82) is 0 Å². The molecule has 0 N–H and O–H groups in total. The normalized spacial score (nSPS) is 14.4. The van der Waals surface area contributed by atoms with Gasteiger partial charge in [-0.25, -0.2) is 8.42 Å². The topological polar surface area (TPSA) is 57.2 Å². The van der Waals surface area contributed by atoms with Crippen molar-refractivity contribution in [1.82, 2.24) is 0 Å². The first-order chi connectivity index (χ1) is 12.7. The van der Waals surface area contributed by atoms with Crippen molar-refractivity contribution in [2.45, 2.75) is 70.2 Å². The van der Waals surface area contributed by atoms with Crippen LogP contribution in [0.15, 0.2) is 0 Å². The van der Waals surface area contributed by atoms with Gasteiger partial charge in [-0.05, 0) is 34.1 Å². The molecule has 0 heterocycles. The van der Waals surface area contributed by atoms with E-state index in [0.29, 0.717) is 0 Å². The van der Waals surface area contributed by atoms with Crippen LogP contribution >= 0.6 is 0 Å². The van der Waals surface area contributed by atoms with E-state index in [1.54, 1.807) is 0 Å². The van der Waals surface area contributed by atoms with E-state index < -0.39 is 52.7 Å². The number of halogens is 9. The molecule has 178 valence electrons. The Morgan fingerprint density at radius 2 is 1.07 bits per heavy atom. The molecule has 0 aliphatic heterocycles. The van der Waals surface area contributed by atoms with Crippen LogP contribution in [0.4, 0.5) is 39.5 Å². The van der Waals surface area contributed by atoms with Gasteiger partial charge in [0.05, 0.1) is 26.2 Å². The molecule has 0 aliphatic carbocycles. The predicted octanol–water partition coefficient (Wildman–Crippen LogP) is 5.01. The maximum absolute atomic E-state index is 12.8. The summed E-state index contributed by atoms with van der Waals surface area (Å²) in [6.07, 6.45) is -11.0. The molecule has 0 rings (SSSR count). The number of hydrogen-bond acceptors (Lipinski definition) is 3. The third-order valence-corrected chi connectivity index (χ3v) is 5.66. The summed E-state index contributed by atoms with van der Waals surface area (Å²) in [5.74, 6) is -12.4. The molecule has 0 aromatic heterocycles. The molecule has 0 saturated carbocycles. The van der Waals surface area contributed by atoms with Gasteiger partial charge in [-0.15, -0.1) is 0 Å². The number of rotatable bonds is 10. The molecule has 0 saturated heterocycles. The van der Waals surface area contributed by atoms with Gasteiger partial charge in [0, 0.05) is 12.8 Å². The average Bonchev–Trinajstić information content (AvgIpc) is 2.55. The molecular formula is C15H26F9NO3S. The summed E-state index contributed by atoms with van der Waals surface area (Å²) in [6.45, 7) is 14.2. The first-order valence-electron chi connectivity index (χ1n) is 8.71. The van der Waals surface area contributed by atoms with Crippen LogP contribution in [-0.4, -0.2) is 66.9 Å². The van der Waals surface area contributed by atoms with Crippen LogP contribution in [-0.2, 0) is 10.1 Å². The SMILES string of the molecule is CC[N+](CC)(CC)CC.O=S(=O)([O-])C(F)(F)C(F)(F)C(F)(F)CCCC(F)(F)F. The highest BCUT2D eigenvalue weighted by atomic mass is 32.2. The first-order valence-corrected chi connectivity index (χ1v) is 10.1. The molecule has 0 aliphatic rings. The van der Waals surface area contributed by atoms with Crippen molar-refractivity contribution in [3.05, 3.63) is 0 Å². The Morgan fingerprint density at radius 1 is 0.724 bits per heavy atom. The van der Waals surface area contributed by atoms with Crippen molar-refractivity contribution in [2.24, 2.45) is 0 Å². The third-order valence-electron chi connectivity index (χ3n) is 4.77. The summed E-state index contributed by atoms with van der Waals surface area (Å²) in [5, 5.41) is -6.65. The standard InChI is InChI=1S/C8H20N.C7H7F9O3S/c1-5-9(6-2,7-3)8-4;8-4(9,2-1-3-5(10,11)12)6(13,14)7(15,16)20(17,18)19/h5-8H2,1-4H3;1-3H2,(H,17,18,19)/q+1;/p-1. The molecule has 4 nitrogen and oxygen atoms in total. The maximum atomic E-state index is 12.8. The maximum Gasteiger partial charge on any atom is 0.402 e. The molecule has 0 radical (unpaired) electrons. The summed E-state index contributed by atoms with van der Waals surface area (Å²) in [7, 11) is -7.13. The number of hydrogen-bond donors (Lipinski definition) is 0. The highest BCUT2D eigenvalue weighted by Gasteiger charge is 2.74. The van der Waals surface area contributed by atoms with Crippen LogP contribution in [0.2, 0.25) is 0 Å². The zero-order valence-electron chi connectivity index (χ0n) is 16.4. The minimum Gasteiger partial charge on any atom is -0.743 e. The first kappa shape index (κ1) is 30.4. The van der Waals surface area contributed by atoms with E-state index in [1.807, 2.05) is 0 Å². The molecule has 14 heteroatoms. The zero-order valence-corrected chi connectivity index (χ0v) is 17.2. The smallest absolute Gasteiger partial charge is 0.402 e. The van der Waals surface area contributed by atoms with Gasteiger partial charge < -0.3 is 9.04 Å². The van der Waals surface area contributed by atoms with Crippen molar-refractivity contribution >= 4 is 10.1 Å². The van der Waals surface area contributed by atoms with Crippen molar-refractivity contribution in [3.63, 3.8) is 0 Å². The lowest BCUT2D eigenvalue weighted by atomic mass is 10.0. The molecule has 0 aromatic rings. The van der Waals surface area contributed by atoms with Gasteiger partial charge in [-0.2, -0.15) is 39.5 Å². The van der Waals surface area contributed by atoms with E-state index in [2.05, 4.69) is 27.7 Å². The minimum atomic E-state index is -7.13. The van der Waals surface area contributed by atoms with E-state index in [0.717, 1.165) is 0 Å². The average molecular weight is 471 g/mol. The Bertz CT molecular complexity index is 571. The Kier molecular flexibility index (Phi) is 11.0. The van der Waals surface area contributed by atoms with Crippen LogP contribution < -0.4 is 0 Å². The van der Waals surface area contributed by atoms with Crippen LogP contribution in [0.25, 0.3) is 0 Å². The van der Waals surface area contributed by atoms with Gasteiger partial charge in [0.15, 0.2) is 10.1 Å². The second-order valence-electron chi connectivity index (χ2n) is 6.33. The fourth-order valence-electron chi connectivity index (χ4n) is 2.38. The van der Waals surface area contributed by atoms with Gasteiger partial charge >= 0.3 is 23.3 Å². The van der Waals surface area contributed by atoms with Gasteiger partial charge in [-0.3, -0.25) is 0 Å². The number of nitrogens with zero attached hydrogens (tertiary/aromatic N) is 1. The number of quaternary nitrogens is 1. The van der Waals surface area contributed by atoms with Gasteiger partial charge in [0.1, 0.15) is 0 Å². The highest BCUT2D eigenvalue weighted by molar-refractivity contribution is 7.86. The number of alkyl halides is 9. The Morgan fingerprint density at radius 3 is 1.28 bits per heavy atom. The third kappa shape index (κ3) is 8.12. The van der Waals surface area contributed by atoms with Crippen LogP contribution in [0.3, 0.4) is 0 Å². The summed E-state index contributed by atoms with van der Waals surface area (Å²) >= 11 is 0. The highest BCUT2D eigenvalue weighted by Crippen LogP contribution is 2.50. The molecule has 0 aromatic carbocycles. The summed E-state index contributed by atoms with van der Waals surface area (Å²) in [6, 6.07) is 0. The van der Waals surface area contributed by atoms with E-state index in [-0.39, 0.29) is 0 Å². The summed E-state index contributed by atoms with van der Waals surface area (Å²) in [4.78, 5) is 0. The summed E-state index contributed by atoms with van der Waals surface area (Å²) in [5.41, 5.74) is 0. The van der Waals surface area contributed by atoms with Gasteiger partial charge in [0.25, 0.3) is 0 Å². The molecule has 0 spiro atoms. The molecule has 0 atom stereocenters. The molecule has 0 bridgehead atoms. The monoisotopic (exact) mass is 471 g/mol. The lowest BCUT2D eigenvalue weighted by molar-refractivity contribution is -0.921. The lowest BCUT2D eigenvalue weighted by Crippen LogP contribution is -2.57. The fourth-order valence-corrected chi connectivity index (χ4v) is 2.84. The van der Waals surface area contributed by atoms with Crippen molar-refractivity contribution in [3.8, 4) is 0 Å². The minimum absolute atomic E-state index is 1.28. The lowest BCUT2D eigenvalue weighted by Gasteiger charge is -2.34. The van der Waals surface area contributed by atoms with Gasteiger partial charge in [0.2, 0.25) is 0 Å². The quantitative estimate of drug-likeness (QED) is 0.256. The van der Waals surface area contributed by atoms with E-state index in [9.17, 15) is 52.5 Å². The largest absolute Gasteiger partial charge is 0.743 e. The van der Waals surface area contributed by atoms with E-state index in [4.69, 9.17) is 0 Å². The van der Waals surface area contributed by atoms with Crippen molar-refractivity contribution in [2.75, 3.05) is 26.2 Å². The van der Waals surface area contributed by atoms with Gasteiger partial charge in [-0.1, -0.05) is 0 Å². The Hall–Kier alpha value is -0.760. The molecule has 0 amide bonds. The Balaban J connectivity index is 0. The fraction of sp³-hybridized carbons (Fsp3) is 1.00. The molecular weight excluding hydrogens is 445 g/mol. The zero-order chi connectivity index (χ0) is 23.9. The van der Waals surface area contributed by atoms with Crippen LogP contribution in [0.1, 0.15) is 47.0 Å². The molecule has 0 unspecified atom stereocenters. The molecule has 29 heavy (non-hydrogen) atoms. The summed E-state index contributed by atoms with van der Waals surface area (Å²) < 4.78 is 142. The van der Waals surface area contributed by atoms with E-state index >= 15 is 0 Å². The predicted molar refractivity (Wildman–Crippen MR) is 86.9 cm³/mol. The second kappa shape index (κ2) is 10.5. The van der Waals surface area contributed by atoms with Crippen LogP contribution in [0, 0.1) is 0 Å². The second-order valence-corrected chi connectivity index (χ2v) is 7.75. The van der Waals surface area contributed by atoms with Crippen LogP contribution in [0.5, 0.6) is 0 Å². The van der Waals surface area contributed by atoms with E-state index in [1.165, 1.54) is 30.7 Å². The van der Waals surface area contributed by atoms with Crippen molar-refractivity contribution < 1.29 is 57.0 Å². The Labute approximate surface area is 164 Å². The molecule has 0 fully saturated rings.